The number of carbonyl (C=O) groups excluding carboxylic acids is 1. The van der Waals surface area contributed by atoms with Gasteiger partial charge < -0.3 is 15.8 Å². The highest BCUT2D eigenvalue weighted by Gasteiger charge is 2.24. The maximum atomic E-state index is 12.5. The van der Waals surface area contributed by atoms with Gasteiger partial charge in [0.05, 0.1) is 17.5 Å². The van der Waals surface area contributed by atoms with Crippen molar-refractivity contribution < 1.29 is 9.53 Å². The van der Waals surface area contributed by atoms with Gasteiger partial charge in [-0.1, -0.05) is 50.7 Å². The molecule has 2 saturated carbocycles. The van der Waals surface area contributed by atoms with Gasteiger partial charge in [-0.2, -0.15) is 0 Å². The third-order valence-electron chi connectivity index (χ3n) is 7.06. The molecular weight excluding hydrogens is 384 g/mol. The van der Waals surface area contributed by atoms with Gasteiger partial charge in [-0.05, 0) is 80.3 Å². The van der Waals surface area contributed by atoms with Gasteiger partial charge in [-0.15, -0.1) is 0 Å². The Balaban J connectivity index is 1.26. The highest BCUT2D eigenvalue weighted by atomic mass is 16.5. The van der Waals surface area contributed by atoms with Gasteiger partial charge in [0, 0.05) is 5.56 Å². The molecule has 0 saturated heterocycles. The van der Waals surface area contributed by atoms with E-state index in [-0.39, 0.29) is 5.91 Å². The minimum atomic E-state index is -0.163. The van der Waals surface area contributed by atoms with E-state index in [4.69, 9.17) is 10.5 Å². The lowest BCUT2D eigenvalue weighted by molar-refractivity contribution is 0.102. The van der Waals surface area contributed by atoms with Gasteiger partial charge in [0.25, 0.3) is 5.91 Å². The molecule has 1 amide bonds. The maximum absolute atomic E-state index is 12.5. The molecule has 2 atom stereocenters. The lowest BCUT2D eigenvalue weighted by Gasteiger charge is -2.26. The third-order valence-corrected chi connectivity index (χ3v) is 7.06. The van der Waals surface area contributed by atoms with Crippen LogP contribution in [0.4, 0.5) is 11.4 Å². The summed E-state index contributed by atoms with van der Waals surface area (Å²) in [7, 11) is 0. The first-order valence-corrected chi connectivity index (χ1v) is 12.1. The number of benzene rings is 2. The van der Waals surface area contributed by atoms with Gasteiger partial charge in [-0.25, -0.2) is 0 Å². The number of ether oxygens (including phenoxy) is 1. The average molecular weight is 421 g/mol. The maximum Gasteiger partial charge on any atom is 0.255 e. The molecule has 0 aliphatic heterocycles. The van der Waals surface area contributed by atoms with E-state index in [0.717, 1.165) is 30.4 Å². The number of anilines is 2. The Morgan fingerprint density at radius 2 is 1.55 bits per heavy atom. The second-order valence-corrected chi connectivity index (χ2v) is 9.42. The number of rotatable bonds is 6. The summed E-state index contributed by atoms with van der Waals surface area (Å²) >= 11 is 0. The Morgan fingerprint density at radius 3 is 2.32 bits per heavy atom. The van der Waals surface area contributed by atoms with Gasteiger partial charge in [0.2, 0.25) is 0 Å². The number of nitrogen functional groups attached to an aromatic ring is 1. The van der Waals surface area contributed by atoms with Crippen LogP contribution in [0.15, 0.2) is 48.5 Å². The van der Waals surface area contributed by atoms with Crippen molar-refractivity contribution in [2.45, 2.75) is 76.7 Å². The number of carbonyl (C=O) groups is 1. The highest BCUT2D eigenvalue weighted by molar-refractivity contribution is 6.05. The number of hydrogen-bond acceptors (Lipinski definition) is 3. The largest absolute Gasteiger partial charge is 0.490 e. The number of nitrogens with one attached hydrogen (secondary N) is 1. The molecule has 0 radical (unpaired) electrons. The van der Waals surface area contributed by atoms with Gasteiger partial charge in [0.1, 0.15) is 5.75 Å². The van der Waals surface area contributed by atoms with Crippen LogP contribution in [0.3, 0.4) is 0 Å². The smallest absolute Gasteiger partial charge is 0.255 e. The molecule has 1 unspecified atom stereocenters. The molecule has 31 heavy (non-hydrogen) atoms. The van der Waals surface area contributed by atoms with Crippen LogP contribution in [-0.2, 0) is 0 Å². The molecule has 0 heterocycles. The van der Waals surface area contributed by atoms with E-state index in [9.17, 15) is 4.79 Å². The van der Waals surface area contributed by atoms with Crippen LogP contribution in [-0.4, -0.2) is 12.0 Å². The average Bonchev–Trinajstić information content (AvgIpc) is 3.01. The molecule has 0 spiro atoms. The van der Waals surface area contributed by atoms with Crippen LogP contribution in [0.25, 0.3) is 0 Å². The molecule has 2 fully saturated rings. The van der Waals surface area contributed by atoms with Gasteiger partial charge >= 0.3 is 0 Å². The van der Waals surface area contributed by atoms with Crippen molar-refractivity contribution in [3.8, 4) is 5.75 Å². The molecule has 3 N–H and O–H groups in total. The Hall–Kier alpha value is -2.49. The fourth-order valence-corrected chi connectivity index (χ4v) is 5.27. The lowest BCUT2D eigenvalue weighted by Crippen LogP contribution is -2.16. The summed E-state index contributed by atoms with van der Waals surface area (Å²) in [6.07, 6.45) is 15.1. The van der Waals surface area contributed by atoms with Crippen LogP contribution >= 0.6 is 0 Å². The van der Waals surface area contributed by atoms with E-state index in [1.807, 2.05) is 36.4 Å². The van der Waals surface area contributed by atoms with Crippen LogP contribution in [0, 0.1) is 11.8 Å². The van der Waals surface area contributed by atoms with E-state index < -0.39 is 0 Å². The Kier molecular flexibility index (Phi) is 7.50. The first kappa shape index (κ1) is 21.7. The number of para-hydroxylation sites is 2. The molecule has 4 nitrogen and oxygen atoms in total. The highest BCUT2D eigenvalue weighted by Crippen LogP contribution is 2.35. The molecule has 2 aliphatic rings. The van der Waals surface area contributed by atoms with Crippen molar-refractivity contribution in [3.05, 3.63) is 54.1 Å². The van der Waals surface area contributed by atoms with E-state index in [0.29, 0.717) is 23.0 Å². The third kappa shape index (κ3) is 6.25. The van der Waals surface area contributed by atoms with Gasteiger partial charge in [-0.3, -0.25) is 4.79 Å². The van der Waals surface area contributed by atoms with E-state index in [2.05, 4.69) is 5.32 Å². The Morgan fingerprint density at radius 1 is 0.839 bits per heavy atom. The number of hydrogen-bond donors (Lipinski definition) is 2. The minimum absolute atomic E-state index is 0.163. The lowest BCUT2D eigenvalue weighted by atomic mass is 9.80. The SMILES string of the molecule is Nc1ccccc1NC(=O)c1ccc(O[C@@H]2CCCC(CC3CCCCC3)CC2)cc1. The molecule has 2 aromatic carbocycles. The van der Waals surface area contributed by atoms with E-state index >= 15 is 0 Å². The van der Waals surface area contributed by atoms with E-state index in [1.54, 1.807) is 12.1 Å². The zero-order chi connectivity index (χ0) is 21.5. The predicted octanol–water partition coefficient (Wildman–Crippen LogP) is 6.82. The van der Waals surface area contributed by atoms with Crippen molar-refractivity contribution in [3.63, 3.8) is 0 Å². The number of amides is 1. The molecule has 0 aromatic heterocycles. The fourth-order valence-electron chi connectivity index (χ4n) is 5.27. The molecule has 2 aliphatic carbocycles. The second-order valence-electron chi connectivity index (χ2n) is 9.42. The summed E-state index contributed by atoms with van der Waals surface area (Å²) in [5, 5.41) is 2.87. The number of nitrogens with two attached hydrogens (primary N) is 1. The van der Waals surface area contributed by atoms with Crippen molar-refractivity contribution in [2.24, 2.45) is 11.8 Å². The van der Waals surface area contributed by atoms with Crippen molar-refractivity contribution in [1.82, 2.24) is 0 Å². The van der Waals surface area contributed by atoms with Crippen LogP contribution in [0.2, 0.25) is 0 Å². The normalized spacial score (nSPS) is 22.5. The molecule has 2 aromatic rings. The first-order chi connectivity index (χ1) is 15.2. The van der Waals surface area contributed by atoms with Crippen molar-refractivity contribution >= 4 is 17.3 Å². The van der Waals surface area contributed by atoms with Gasteiger partial charge in [0.15, 0.2) is 0 Å². The Bertz CT molecular complexity index is 843. The van der Waals surface area contributed by atoms with Crippen LogP contribution in [0.1, 0.15) is 81.0 Å². The molecule has 4 heteroatoms. The van der Waals surface area contributed by atoms with Crippen LogP contribution < -0.4 is 15.8 Å². The molecule has 4 rings (SSSR count). The summed E-state index contributed by atoms with van der Waals surface area (Å²) < 4.78 is 6.29. The standard InChI is InChI=1S/C27H36N2O2/c28-25-11-4-5-12-26(25)29-27(30)22-14-17-24(18-15-22)31-23-10-6-9-21(13-16-23)19-20-7-2-1-3-8-20/h4-5,11-12,14-15,17-18,20-21,23H,1-3,6-10,13,16,19,28H2,(H,29,30)/t21?,23-/m1/s1. The zero-order valence-electron chi connectivity index (χ0n) is 18.5. The fraction of sp³-hybridized carbons (Fsp3) is 0.519. The first-order valence-electron chi connectivity index (χ1n) is 12.1. The van der Waals surface area contributed by atoms with E-state index in [1.165, 1.54) is 57.8 Å². The molecule has 166 valence electrons. The summed E-state index contributed by atoms with van der Waals surface area (Å²) in [6.45, 7) is 0. The molecule has 0 bridgehead atoms. The summed E-state index contributed by atoms with van der Waals surface area (Å²) in [6, 6.07) is 14.8. The zero-order valence-corrected chi connectivity index (χ0v) is 18.5. The quantitative estimate of drug-likeness (QED) is 0.398. The monoisotopic (exact) mass is 420 g/mol. The Labute approximate surface area is 186 Å². The second kappa shape index (κ2) is 10.7. The summed E-state index contributed by atoms with van der Waals surface area (Å²) in [4.78, 5) is 12.5. The van der Waals surface area contributed by atoms with Crippen molar-refractivity contribution in [1.29, 1.82) is 0 Å². The molecular formula is C27H36N2O2. The minimum Gasteiger partial charge on any atom is -0.490 e. The van der Waals surface area contributed by atoms with Crippen molar-refractivity contribution in [2.75, 3.05) is 11.1 Å². The summed E-state index contributed by atoms with van der Waals surface area (Å²) in [5.41, 5.74) is 7.71. The predicted molar refractivity (Wildman–Crippen MR) is 127 cm³/mol. The van der Waals surface area contributed by atoms with Crippen LogP contribution in [0.5, 0.6) is 5.75 Å². The summed E-state index contributed by atoms with van der Waals surface area (Å²) in [5.74, 6) is 2.55. The topological polar surface area (TPSA) is 64.3 Å².